The number of nitrogens with zero attached hydrogens (tertiary/aromatic N) is 2. The van der Waals surface area contributed by atoms with Gasteiger partial charge in [0.2, 0.25) is 15.9 Å². The van der Waals surface area contributed by atoms with E-state index in [0.29, 0.717) is 11.1 Å². The molecule has 0 unspecified atom stereocenters. The molecule has 33 heavy (non-hydrogen) atoms. The number of halogens is 2. The zero-order valence-corrected chi connectivity index (χ0v) is 20.4. The Hall–Kier alpha value is -2.49. The zero-order chi connectivity index (χ0) is 24.3. The maximum Gasteiger partial charge on any atom is 0.257 e. The van der Waals surface area contributed by atoms with Crippen LogP contribution in [0.3, 0.4) is 0 Å². The van der Waals surface area contributed by atoms with Gasteiger partial charge in [0.25, 0.3) is 5.91 Å². The minimum atomic E-state index is -3.74. The number of carbonyl (C=O) groups excluding carboxylic acids is 2. The summed E-state index contributed by atoms with van der Waals surface area (Å²) in [4.78, 5) is 28.4. The van der Waals surface area contributed by atoms with E-state index in [9.17, 15) is 22.4 Å². The van der Waals surface area contributed by atoms with E-state index in [2.05, 4.69) is 4.72 Å². The van der Waals surface area contributed by atoms with E-state index >= 15 is 0 Å². The molecule has 3 rings (SSSR count). The highest BCUT2D eigenvalue weighted by Gasteiger charge is 2.27. The molecule has 2 amide bonds. The molecule has 1 N–H and O–H groups in total. The van der Waals surface area contributed by atoms with Crippen molar-refractivity contribution in [2.75, 3.05) is 32.7 Å². The summed E-state index contributed by atoms with van der Waals surface area (Å²) in [6.07, 6.45) is 0.0000539. The van der Waals surface area contributed by atoms with E-state index in [0.717, 1.165) is 11.6 Å². The van der Waals surface area contributed by atoms with Crippen LogP contribution in [0.1, 0.15) is 33.5 Å². The third kappa shape index (κ3) is 5.90. The molecule has 0 aromatic heterocycles. The van der Waals surface area contributed by atoms with Gasteiger partial charge in [-0.25, -0.2) is 17.5 Å². The Bertz CT molecular complexity index is 1160. The fourth-order valence-electron chi connectivity index (χ4n) is 4.10. The summed E-state index contributed by atoms with van der Waals surface area (Å²) in [6, 6.07) is 7.43. The number of benzene rings is 2. The summed E-state index contributed by atoms with van der Waals surface area (Å²) in [5.41, 5.74) is 2.19. The maximum absolute atomic E-state index is 14.0. The van der Waals surface area contributed by atoms with Crippen molar-refractivity contribution in [3.8, 4) is 0 Å². The van der Waals surface area contributed by atoms with Gasteiger partial charge < -0.3 is 9.80 Å². The van der Waals surface area contributed by atoms with Gasteiger partial charge >= 0.3 is 0 Å². The van der Waals surface area contributed by atoms with E-state index in [4.69, 9.17) is 11.6 Å². The molecule has 10 heteroatoms. The van der Waals surface area contributed by atoms with Gasteiger partial charge in [-0.3, -0.25) is 9.59 Å². The number of hydrogen-bond donors (Lipinski definition) is 1. The lowest BCUT2D eigenvalue weighted by atomic mass is 10.1. The number of aryl methyl sites for hydroxylation is 3. The van der Waals surface area contributed by atoms with Gasteiger partial charge in [0.05, 0.1) is 10.5 Å². The smallest absolute Gasteiger partial charge is 0.257 e. The van der Waals surface area contributed by atoms with Crippen molar-refractivity contribution < 1.29 is 22.4 Å². The number of piperazine rings is 1. The van der Waals surface area contributed by atoms with Crippen LogP contribution < -0.4 is 4.72 Å². The number of rotatable bonds is 6. The highest BCUT2D eigenvalue weighted by Crippen LogP contribution is 2.22. The van der Waals surface area contributed by atoms with Gasteiger partial charge in [0.15, 0.2) is 0 Å². The molecule has 7 nitrogen and oxygen atoms in total. The van der Waals surface area contributed by atoms with Crippen molar-refractivity contribution in [2.45, 2.75) is 32.1 Å². The first-order chi connectivity index (χ1) is 15.5. The van der Waals surface area contributed by atoms with Crippen molar-refractivity contribution in [1.29, 1.82) is 0 Å². The molecule has 1 aliphatic rings. The predicted octanol–water partition coefficient (Wildman–Crippen LogP) is 3.06. The molecule has 0 saturated carbocycles. The van der Waals surface area contributed by atoms with E-state index in [-0.39, 0.29) is 60.5 Å². The Morgan fingerprint density at radius 1 is 1.00 bits per heavy atom. The van der Waals surface area contributed by atoms with Crippen molar-refractivity contribution in [1.82, 2.24) is 14.5 Å². The normalized spacial score (nSPS) is 14.5. The number of sulfonamides is 1. The summed E-state index contributed by atoms with van der Waals surface area (Å²) in [6.45, 7) is 6.45. The number of nitrogens with one attached hydrogen (secondary N) is 1. The lowest BCUT2D eigenvalue weighted by molar-refractivity contribution is -0.132. The lowest BCUT2D eigenvalue weighted by Crippen LogP contribution is -2.51. The number of amides is 2. The van der Waals surface area contributed by atoms with Crippen LogP contribution in [-0.2, 0) is 14.8 Å². The predicted molar refractivity (Wildman–Crippen MR) is 124 cm³/mol. The molecular weight excluding hydrogens is 469 g/mol. The summed E-state index contributed by atoms with van der Waals surface area (Å²) in [7, 11) is -3.74. The molecule has 178 valence electrons. The molecule has 1 heterocycles. The molecular formula is C23H27ClFN3O4S. The van der Waals surface area contributed by atoms with Crippen LogP contribution in [0.4, 0.5) is 4.39 Å². The number of carbonyl (C=O) groups is 2. The molecule has 2 aromatic carbocycles. The van der Waals surface area contributed by atoms with E-state index in [1.54, 1.807) is 18.7 Å². The van der Waals surface area contributed by atoms with Gasteiger partial charge in [0.1, 0.15) is 5.82 Å². The van der Waals surface area contributed by atoms with Gasteiger partial charge in [-0.1, -0.05) is 29.3 Å². The van der Waals surface area contributed by atoms with Crippen molar-refractivity contribution in [3.05, 3.63) is 63.4 Å². The minimum absolute atomic E-state index is 0.0000539. The van der Waals surface area contributed by atoms with E-state index in [1.165, 1.54) is 17.0 Å². The Morgan fingerprint density at radius 2 is 1.58 bits per heavy atom. The second-order valence-electron chi connectivity index (χ2n) is 8.17. The standard InChI is InChI=1S/C23H27ClFN3O4S/c1-15-12-16(2)22(17(3)13-15)33(31,32)26-7-6-21(29)27-8-10-28(11-9-27)23(30)19-14-18(24)4-5-20(19)25/h4-5,12-14,26H,6-11H2,1-3H3. The largest absolute Gasteiger partial charge is 0.339 e. The Balaban J connectivity index is 1.53. The average Bonchev–Trinajstić information content (AvgIpc) is 2.74. The van der Waals surface area contributed by atoms with Crippen LogP contribution in [0.25, 0.3) is 0 Å². The third-order valence-corrected chi connectivity index (χ3v) is 7.58. The fraction of sp³-hybridized carbons (Fsp3) is 0.391. The summed E-state index contributed by atoms with van der Waals surface area (Å²) >= 11 is 5.87. The lowest BCUT2D eigenvalue weighted by Gasteiger charge is -2.35. The second kappa shape index (κ2) is 10.2. The van der Waals surface area contributed by atoms with Crippen LogP contribution in [-0.4, -0.2) is 62.8 Å². The molecule has 0 aliphatic carbocycles. The molecule has 1 saturated heterocycles. The summed E-state index contributed by atoms with van der Waals surface area (Å²) in [5, 5.41) is 0.270. The van der Waals surface area contributed by atoms with E-state index in [1.807, 2.05) is 19.1 Å². The zero-order valence-electron chi connectivity index (χ0n) is 18.8. The first-order valence-corrected chi connectivity index (χ1v) is 12.5. The first kappa shape index (κ1) is 25.1. The molecule has 1 fully saturated rings. The molecule has 0 spiro atoms. The monoisotopic (exact) mass is 495 g/mol. The Labute approximate surface area is 198 Å². The Morgan fingerprint density at radius 3 is 2.18 bits per heavy atom. The molecule has 0 radical (unpaired) electrons. The van der Waals surface area contributed by atoms with Crippen LogP contribution in [0.2, 0.25) is 5.02 Å². The van der Waals surface area contributed by atoms with Crippen LogP contribution in [0, 0.1) is 26.6 Å². The van der Waals surface area contributed by atoms with Gasteiger partial charge in [-0.2, -0.15) is 0 Å². The average molecular weight is 496 g/mol. The SMILES string of the molecule is Cc1cc(C)c(S(=O)(=O)NCCC(=O)N2CCN(C(=O)c3cc(Cl)ccc3F)CC2)c(C)c1. The van der Waals surface area contributed by atoms with Crippen molar-refractivity contribution in [2.24, 2.45) is 0 Å². The summed E-state index contributed by atoms with van der Waals surface area (Å²) in [5.74, 6) is -1.33. The van der Waals surface area contributed by atoms with Gasteiger partial charge in [0, 0.05) is 44.2 Å². The van der Waals surface area contributed by atoms with Crippen LogP contribution >= 0.6 is 11.6 Å². The van der Waals surface area contributed by atoms with Crippen LogP contribution in [0.15, 0.2) is 35.2 Å². The van der Waals surface area contributed by atoms with Crippen LogP contribution in [0.5, 0.6) is 0 Å². The fourth-order valence-corrected chi connectivity index (χ4v) is 5.76. The molecule has 0 bridgehead atoms. The first-order valence-electron chi connectivity index (χ1n) is 10.6. The summed E-state index contributed by atoms with van der Waals surface area (Å²) < 4.78 is 41.9. The van der Waals surface area contributed by atoms with E-state index < -0.39 is 21.7 Å². The maximum atomic E-state index is 14.0. The highest BCUT2D eigenvalue weighted by atomic mass is 35.5. The topological polar surface area (TPSA) is 86.8 Å². The highest BCUT2D eigenvalue weighted by molar-refractivity contribution is 7.89. The van der Waals surface area contributed by atoms with Crippen molar-refractivity contribution >= 4 is 33.4 Å². The quantitative estimate of drug-likeness (QED) is 0.667. The van der Waals surface area contributed by atoms with Gasteiger partial charge in [-0.15, -0.1) is 0 Å². The number of hydrogen-bond acceptors (Lipinski definition) is 4. The van der Waals surface area contributed by atoms with Crippen molar-refractivity contribution in [3.63, 3.8) is 0 Å². The molecule has 1 aliphatic heterocycles. The second-order valence-corrected chi connectivity index (χ2v) is 10.3. The minimum Gasteiger partial charge on any atom is -0.339 e. The molecule has 0 atom stereocenters. The van der Waals surface area contributed by atoms with Gasteiger partial charge in [-0.05, 0) is 50.1 Å². The molecule has 2 aromatic rings. The third-order valence-electron chi connectivity index (χ3n) is 5.58. The Kier molecular flexibility index (Phi) is 7.76.